The van der Waals surface area contributed by atoms with Crippen LogP contribution in [0.3, 0.4) is 0 Å². The third-order valence-corrected chi connectivity index (χ3v) is 3.39. The van der Waals surface area contributed by atoms with Gasteiger partial charge in [-0.3, -0.25) is 0 Å². The van der Waals surface area contributed by atoms with E-state index in [2.05, 4.69) is 15.5 Å². The van der Waals surface area contributed by atoms with Crippen molar-refractivity contribution in [2.75, 3.05) is 48.0 Å². The highest BCUT2D eigenvalue weighted by Crippen LogP contribution is 2.27. The van der Waals surface area contributed by atoms with Crippen LogP contribution in [0.4, 0.5) is 4.79 Å². The highest BCUT2D eigenvalue weighted by Gasteiger charge is 2.18. The van der Waals surface area contributed by atoms with Gasteiger partial charge in [0.15, 0.2) is 0 Å². The van der Waals surface area contributed by atoms with Crippen LogP contribution >= 0.6 is 0 Å². The number of amides is 2. The maximum absolute atomic E-state index is 11.8. The molecule has 0 bridgehead atoms. The SMILES string of the molecule is COCCCNC(=O)NCC(c1ccccc1OC)N(C)C. The number of likely N-dealkylation sites (N-methyl/N-ethyl adjacent to an activating group) is 1. The number of hydrogen-bond donors (Lipinski definition) is 2. The first-order valence-corrected chi connectivity index (χ1v) is 7.40. The van der Waals surface area contributed by atoms with Crippen molar-refractivity contribution in [3.05, 3.63) is 29.8 Å². The summed E-state index contributed by atoms with van der Waals surface area (Å²) in [6, 6.07) is 7.72. The summed E-state index contributed by atoms with van der Waals surface area (Å²) in [5.41, 5.74) is 1.05. The summed E-state index contributed by atoms with van der Waals surface area (Å²) >= 11 is 0. The van der Waals surface area contributed by atoms with Gasteiger partial charge in [0, 0.05) is 32.4 Å². The van der Waals surface area contributed by atoms with Gasteiger partial charge < -0.3 is 25.0 Å². The van der Waals surface area contributed by atoms with Crippen molar-refractivity contribution in [1.29, 1.82) is 0 Å². The number of hydrogen-bond acceptors (Lipinski definition) is 4. The number of para-hydroxylation sites is 1. The fourth-order valence-electron chi connectivity index (χ4n) is 2.18. The molecule has 0 radical (unpaired) electrons. The molecule has 1 unspecified atom stereocenters. The Bertz CT molecular complexity index is 452. The van der Waals surface area contributed by atoms with Crippen LogP contribution in [0.5, 0.6) is 5.75 Å². The predicted molar refractivity (Wildman–Crippen MR) is 87.3 cm³/mol. The van der Waals surface area contributed by atoms with Crippen LogP contribution in [0.25, 0.3) is 0 Å². The molecule has 0 spiro atoms. The Morgan fingerprint density at radius 1 is 1.23 bits per heavy atom. The molecule has 22 heavy (non-hydrogen) atoms. The van der Waals surface area contributed by atoms with E-state index in [-0.39, 0.29) is 12.1 Å². The normalized spacial score (nSPS) is 12.0. The molecule has 6 heteroatoms. The highest BCUT2D eigenvalue weighted by atomic mass is 16.5. The smallest absolute Gasteiger partial charge is 0.314 e. The summed E-state index contributed by atoms with van der Waals surface area (Å²) in [6.07, 6.45) is 0.799. The van der Waals surface area contributed by atoms with Crippen molar-refractivity contribution in [3.8, 4) is 5.75 Å². The Morgan fingerprint density at radius 3 is 2.59 bits per heavy atom. The number of carbonyl (C=O) groups is 1. The quantitative estimate of drug-likeness (QED) is 0.681. The molecule has 2 amide bonds. The molecule has 0 aromatic heterocycles. The zero-order chi connectivity index (χ0) is 16.4. The Labute approximate surface area is 132 Å². The first kappa shape index (κ1) is 18.3. The van der Waals surface area contributed by atoms with Crippen molar-refractivity contribution in [3.63, 3.8) is 0 Å². The van der Waals surface area contributed by atoms with E-state index in [1.54, 1.807) is 14.2 Å². The molecule has 0 saturated heterocycles. The number of rotatable bonds is 9. The molecule has 0 fully saturated rings. The molecule has 6 nitrogen and oxygen atoms in total. The van der Waals surface area contributed by atoms with Gasteiger partial charge in [-0.25, -0.2) is 4.79 Å². The predicted octanol–water partition coefficient (Wildman–Crippen LogP) is 1.63. The summed E-state index contributed by atoms with van der Waals surface area (Å²) in [5.74, 6) is 0.823. The zero-order valence-corrected chi connectivity index (χ0v) is 13.9. The summed E-state index contributed by atoms with van der Waals surface area (Å²) < 4.78 is 10.4. The Balaban J connectivity index is 2.56. The first-order chi connectivity index (χ1) is 10.6. The van der Waals surface area contributed by atoms with Gasteiger partial charge in [-0.2, -0.15) is 0 Å². The summed E-state index contributed by atoms with van der Waals surface area (Å²) in [7, 11) is 7.26. The number of carbonyl (C=O) groups excluding carboxylic acids is 1. The van der Waals surface area contributed by atoms with Crippen LogP contribution < -0.4 is 15.4 Å². The van der Waals surface area contributed by atoms with Gasteiger partial charge in [0.2, 0.25) is 0 Å². The lowest BCUT2D eigenvalue weighted by Crippen LogP contribution is -2.41. The molecule has 1 aromatic carbocycles. The van der Waals surface area contributed by atoms with Crippen LogP contribution in [-0.4, -0.2) is 58.9 Å². The van der Waals surface area contributed by atoms with Gasteiger partial charge in [0.05, 0.1) is 13.2 Å². The molecule has 0 aliphatic rings. The maximum atomic E-state index is 11.8. The number of benzene rings is 1. The van der Waals surface area contributed by atoms with Crippen LogP contribution in [-0.2, 0) is 4.74 Å². The van der Waals surface area contributed by atoms with Crippen molar-refractivity contribution in [1.82, 2.24) is 15.5 Å². The van der Waals surface area contributed by atoms with Crippen LogP contribution in [0.15, 0.2) is 24.3 Å². The molecule has 2 N–H and O–H groups in total. The van der Waals surface area contributed by atoms with Gasteiger partial charge >= 0.3 is 6.03 Å². The Hall–Kier alpha value is -1.79. The van der Waals surface area contributed by atoms with Crippen molar-refractivity contribution in [2.24, 2.45) is 0 Å². The molecular formula is C16H27N3O3. The topological polar surface area (TPSA) is 62.8 Å². The molecule has 124 valence electrons. The van der Waals surface area contributed by atoms with Crippen LogP contribution in [0.1, 0.15) is 18.0 Å². The van der Waals surface area contributed by atoms with Gasteiger partial charge in [0.25, 0.3) is 0 Å². The standard InChI is InChI=1S/C16H27N3O3/c1-19(2)14(13-8-5-6-9-15(13)22-4)12-18-16(20)17-10-7-11-21-3/h5-6,8-9,14H,7,10-12H2,1-4H3,(H2,17,18,20). The van der Waals surface area contributed by atoms with Crippen LogP contribution in [0.2, 0.25) is 0 Å². The number of methoxy groups -OCH3 is 2. The number of urea groups is 1. The average Bonchev–Trinajstić information content (AvgIpc) is 2.52. The van der Waals surface area contributed by atoms with Gasteiger partial charge in [-0.05, 0) is 26.6 Å². The minimum atomic E-state index is -0.169. The maximum Gasteiger partial charge on any atom is 0.314 e. The fraction of sp³-hybridized carbons (Fsp3) is 0.562. The number of ether oxygens (including phenoxy) is 2. The van der Waals surface area contributed by atoms with Crippen LogP contribution in [0, 0.1) is 0 Å². The molecule has 0 heterocycles. The van der Waals surface area contributed by atoms with E-state index in [9.17, 15) is 4.79 Å². The monoisotopic (exact) mass is 309 g/mol. The first-order valence-electron chi connectivity index (χ1n) is 7.40. The van der Waals surface area contributed by atoms with Gasteiger partial charge in [-0.1, -0.05) is 18.2 Å². The van der Waals surface area contributed by atoms with E-state index < -0.39 is 0 Å². The largest absolute Gasteiger partial charge is 0.496 e. The lowest BCUT2D eigenvalue weighted by atomic mass is 10.0. The molecular weight excluding hydrogens is 282 g/mol. The average molecular weight is 309 g/mol. The highest BCUT2D eigenvalue weighted by molar-refractivity contribution is 5.73. The second-order valence-corrected chi connectivity index (χ2v) is 5.20. The van der Waals surface area contributed by atoms with E-state index in [0.29, 0.717) is 19.7 Å². The van der Waals surface area contributed by atoms with Gasteiger partial charge in [-0.15, -0.1) is 0 Å². The number of nitrogens with one attached hydrogen (secondary N) is 2. The van der Waals surface area contributed by atoms with Crippen molar-refractivity contribution >= 4 is 6.03 Å². The van der Waals surface area contributed by atoms with Crippen molar-refractivity contribution < 1.29 is 14.3 Å². The fourth-order valence-corrected chi connectivity index (χ4v) is 2.18. The van der Waals surface area contributed by atoms with E-state index in [1.807, 2.05) is 38.4 Å². The Morgan fingerprint density at radius 2 is 1.95 bits per heavy atom. The second kappa shape index (κ2) is 10.0. The Kier molecular flexibility index (Phi) is 8.32. The third-order valence-electron chi connectivity index (χ3n) is 3.39. The van der Waals surface area contributed by atoms with E-state index in [0.717, 1.165) is 17.7 Å². The minimum absolute atomic E-state index is 0.0425. The van der Waals surface area contributed by atoms with E-state index in [4.69, 9.17) is 9.47 Å². The molecule has 0 saturated carbocycles. The van der Waals surface area contributed by atoms with E-state index >= 15 is 0 Å². The lowest BCUT2D eigenvalue weighted by Gasteiger charge is -2.26. The lowest BCUT2D eigenvalue weighted by molar-refractivity contribution is 0.193. The molecule has 1 aromatic rings. The summed E-state index contributed by atoms with van der Waals surface area (Å²) in [4.78, 5) is 13.9. The zero-order valence-electron chi connectivity index (χ0n) is 13.9. The summed E-state index contributed by atoms with van der Waals surface area (Å²) in [5, 5.41) is 5.71. The molecule has 1 rings (SSSR count). The second-order valence-electron chi connectivity index (χ2n) is 5.20. The third kappa shape index (κ3) is 5.91. The van der Waals surface area contributed by atoms with E-state index in [1.165, 1.54) is 0 Å². The minimum Gasteiger partial charge on any atom is -0.496 e. The molecule has 1 atom stereocenters. The number of nitrogens with zero attached hydrogens (tertiary/aromatic N) is 1. The molecule has 0 aliphatic carbocycles. The van der Waals surface area contributed by atoms with Crippen molar-refractivity contribution in [2.45, 2.75) is 12.5 Å². The summed E-state index contributed by atoms with van der Waals surface area (Å²) in [6.45, 7) is 1.74. The molecule has 0 aliphatic heterocycles. The van der Waals surface area contributed by atoms with Gasteiger partial charge in [0.1, 0.15) is 5.75 Å².